The third-order valence-corrected chi connectivity index (χ3v) is 12.8. The lowest BCUT2D eigenvalue weighted by atomic mass is 9.75. The Morgan fingerprint density at radius 1 is 0.964 bits per heavy atom. The van der Waals surface area contributed by atoms with Crippen molar-refractivity contribution in [3.8, 4) is 0 Å². The Balaban J connectivity index is 2.15. The Morgan fingerprint density at radius 3 is 2.20 bits per heavy atom. The third kappa shape index (κ3) is 11.0. The molecule has 0 aliphatic carbocycles. The highest BCUT2D eigenvalue weighted by molar-refractivity contribution is 5.73. The van der Waals surface area contributed by atoms with Crippen LogP contribution in [-0.2, 0) is 33.2 Å². The largest absolute Gasteiger partial charge is 0.459 e. The average Bonchev–Trinajstić information content (AvgIpc) is 3.12. The molecule has 0 unspecified atom stereocenters. The van der Waals surface area contributed by atoms with Gasteiger partial charge in [0.15, 0.2) is 12.6 Å². The van der Waals surface area contributed by atoms with E-state index in [1.165, 1.54) is 14.0 Å². The Morgan fingerprint density at radius 2 is 1.62 bits per heavy atom. The summed E-state index contributed by atoms with van der Waals surface area (Å²) in [6.07, 6.45) is -6.76. The summed E-state index contributed by atoms with van der Waals surface area (Å²) in [6, 6.07) is -0.928. The number of methoxy groups -OCH3 is 1. The van der Waals surface area contributed by atoms with Gasteiger partial charge in [0.05, 0.1) is 35.9 Å². The second-order valence-electron chi connectivity index (χ2n) is 17.6. The average molecular weight is 792 g/mol. The van der Waals surface area contributed by atoms with Gasteiger partial charge in [0.2, 0.25) is 0 Å². The maximum atomic E-state index is 14.3. The van der Waals surface area contributed by atoms with Crippen molar-refractivity contribution < 1.29 is 58.7 Å². The molecule has 0 radical (unpaired) electrons. The number of hydrogen-bond donors (Lipinski definition) is 8. The van der Waals surface area contributed by atoms with E-state index in [0.717, 1.165) is 6.42 Å². The first-order valence-corrected chi connectivity index (χ1v) is 20.5. The molecule has 8 N–H and O–H groups in total. The van der Waals surface area contributed by atoms with Gasteiger partial charge in [-0.05, 0) is 100 Å². The zero-order valence-electron chi connectivity index (χ0n) is 35.8. The van der Waals surface area contributed by atoms with Crippen molar-refractivity contribution in [3.05, 3.63) is 0 Å². The number of esters is 1. The minimum Gasteiger partial charge on any atom is -0.459 e. The summed E-state index contributed by atoms with van der Waals surface area (Å²) in [7, 11) is 3.29. The van der Waals surface area contributed by atoms with Crippen molar-refractivity contribution in [2.45, 2.75) is 198 Å². The van der Waals surface area contributed by atoms with Gasteiger partial charge in [-0.1, -0.05) is 27.7 Å². The van der Waals surface area contributed by atoms with Gasteiger partial charge < -0.3 is 69.9 Å². The molecule has 0 aromatic heterocycles. The molecular weight excluding hydrogens is 714 g/mol. The Hall–Kier alpha value is -1.05. The lowest BCUT2D eigenvalue weighted by Crippen LogP contribution is -2.70. The van der Waals surface area contributed by atoms with E-state index in [-0.39, 0.29) is 43.9 Å². The summed E-state index contributed by atoms with van der Waals surface area (Å²) in [4.78, 5) is 14.3. The minimum atomic E-state index is -1.81. The second kappa shape index (κ2) is 19.8. The van der Waals surface area contributed by atoms with Crippen LogP contribution in [0.3, 0.4) is 0 Å². The Labute approximate surface area is 329 Å². The van der Waals surface area contributed by atoms with Gasteiger partial charge in [0.1, 0.15) is 35.1 Å². The number of aliphatic hydroxyl groups is 5. The van der Waals surface area contributed by atoms with Crippen LogP contribution in [0.4, 0.5) is 0 Å². The van der Waals surface area contributed by atoms with Crippen LogP contribution in [0.5, 0.6) is 0 Å². The second-order valence-corrected chi connectivity index (χ2v) is 17.6. The summed E-state index contributed by atoms with van der Waals surface area (Å²) < 4.78 is 38.1. The number of likely N-dealkylation sites (N-methyl/N-ethyl adjacent to an activating group) is 1. The third-order valence-electron chi connectivity index (χ3n) is 12.8. The number of hydrogen-bond acceptors (Lipinski definition) is 15. The number of rotatable bonds is 11. The fraction of sp³-hybridized carbons (Fsp3) is 0.975. The lowest BCUT2D eigenvalue weighted by molar-refractivity contribution is -0.335. The van der Waals surface area contributed by atoms with Gasteiger partial charge in [-0.3, -0.25) is 4.79 Å². The first-order chi connectivity index (χ1) is 25.5. The molecule has 3 fully saturated rings. The van der Waals surface area contributed by atoms with E-state index in [9.17, 15) is 30.3 Å². The van der Waals surface area contributed by atoms with Crippen LogP contribution in [0.1, 0.15) is 108 Å². The van der Waals surface area contributed by atoms with E-state index in [1.54, 1.807) is 48.6 Å². The molecule has 3 aliphatic heterocycles. The van der Waals surface area contributed by atoms with E-state index in [2.05, 4.69) is 16.0 Å². The lowest BCUT2D eigenvalue weighted by Gasteiger charge is -2.53. The van der Waals surface area contributed by atoms with Crippen LogP contribution in [0, 0.1) is 17.8 Å². The SMILES string of the molecule is CCCNC[C@]1(O)[C@H](C)O[C@@H](O[C@H]2[C@H](C)[C@@H](O[C@@H]3O[C@H](C)C[C@H](NC)[C@H]3O)[C@](C)(O)C[C@@H](C)CN[C@H](C)[C@@H](O)[C@](C)(O)[C@@H](CC)OC(=O)[C@@H]2C)C[C@@]1(C)OC. The minimum absolute atomic E-state index is 0.0932. The Bertz CT molecular complexity index is 1200. The fourth-order valence-corrected chi connectivity index (χ4v) is 9.01. The van der Waals surface area contributed by atoms with E-state index in [0.29, 0.717) is 19.5 Å². The van der Waals surface area contributed by atoms with Crippen LogP contribution in [0.2, 0.25) is 0 Å². The molecule has 55 heavy (non-hydrogen) atoms. The highest BCUT2D eigenvalue weighted by Crippen LogP contribution is 2.43. The summed E-state index contributed by atoms with van der Waals surface area (Å²) in [5.74, 6) is -2.67. The highest BCUT2D eigenvalue weighted by atomic mass is 16.7. The molecule has 0 saturated carbocycles. The van der Waals surface area contributed by atoms with Crippen LogP contribution in [0.15, 0.2) is 0 Å². The van der Waals surface area contributed by atoms with Crippen molar-refractivity contribution in [2.75, 3.05) is 33.8 Å². The van der Waals surface area contributed by atoms with Crippen molar-refractivity contribution >= 4 is 5.97 Å². The number of carbonyl (C=O) groups is 1. The maximum absolute atomic E-state index is 14.3. The molecule has 0 amide bonds. The molecule has 3 heterocycles. The van der Waals surface area contributed by atoms with Crippen molar-refractivity contribution in [2.24, 2.45) is 17.8 Å². The Kier molecular flexibility index (Phi) is 17.4. The fourth-order valence-electron chi connectivity index (χ4n) is 9.01. The number of ether oxygens (including phenoxy) is 6. The van der Waals surface area contributed by atoms with Crippen molar-refractivity contribution in [3.63, 3.8) is 0 Å². The van der Waals surface area contributed by atoms with Gasteiger partial charge >= 0.3 is 5.97 Å². The van der Waals surface area contributed by atoms with Gasteiger partial charge in [0, 0.05) is 38.1 Å². The quantitative estimate of drug-likeness (QED) is 0.110. The van der Waals surface area contributed by atoms with Crippen molar-refractivity contribution in [1.82, 2.24) is 16.0 Å². The van der Waals surface area contributed by atoms with E-state index >= 15 is 0 Å². The molecule has 15 nitrogen and oxygen atoms in total. The zero-order valence-corrected chi connectivity index (χ0v) is 35.8. The highest BCUT2D eigenvalue weighted by Gasteiger charge is 2.58. The zero-order chi connectivity index (χ0) is 41.7. The standard InChI is InChI=1S/C40H77N3O12/c1-14-16-42-21-40(49)27(8)52-30(19-38(40,10)50-13)54-32-24(5)34(55-36-31(44)28(41-12)17-23(4)51-36)37(9,47)18-22(3)20-43-26(7)33(45)39(11,48)29(15-2)53-35(46)25(32)6/h22-34,36,41-45,47-49H,14-21H2,1-13H3/t22-,23-,24+,25-,26-,27+,28+,29-,30+,31-,32+,33-,34-,36+,37-,38-,39-,40+/m1/s1. The van der Waals surface area contributed by atoms with Crippen LogP contribution in [-0.4, -0.2) is 155 Å². The summed E-state index contributed by atoms with van der Waals surface area (Å²) in [5.41, 5.74) is -5.95. The van der Waals surface area contributed by atoms with Gasteiger partial charge in [-0.25, -0.2) is 0 Å². The first kappa shape index (κ1) is 48.3. The van der Waals surface area contributed by atoms with Crippen molar-refractivity contribution in [1.29, 1.82) is 0 Å². The molecule has 324 valence electrons. The van der Waals surface area contributed by atoms with Gasteiger partial charge in [-0.15, -0.1) is 0 Å². The molecule has 3 saturated heterocycles. The van der Waals surface area contributed by atoms with Crippen LogP contribution in [0.25, 0.3) is 0 Å². The summed E-state index contributed by atoms with van der Waals surface area (Å²) in [6.45, 7) is 20.8. The topological polar surface area (TPSA) is 210 Å². The molecule has 15 heteroatoms. The number of cyclic esters (lactones) is 1. The monoisotopic (exact) mass is 792 g/mol. The normalized spacial score (nSPS) is 48.4. The maximum Gasteiger partial charge on any atom is 0.311 e. The van der Waals surface area contributed by atoms with Crippen LogP contribution < -0.4 is 16.0 Å². The first-order valence-electron chi connectivity index (χ1n) is 20.5. The van der Waals surface area contributed by atoms with Gasteiger partial charge in [-0.2, -0.15) is 0 Å². The van der Waals surface area contributed by atoms with E-state index < -0.39 is 95.5 Å². The predicted molar refractivity (Wildman–Crippen MR) is 207 cm³/mol. The number of nitrogens with one attached hydrogen (secondary N) is 3. The summed E-state index contributed by atoms with van der Waals surface area (Å²) >= 11 is 0. The van der Waals surface area contributed by atoms with Crippen LogP contribution >= 0.6 is 0 Å². The molecule has 0 spiro atoms. The van der Waals surface area contributed by atoms with Gasteiger partial charge in [0.25, 0.3) is 0 Å². The molecule has 3 rings (SSSR count). The van der Waals surface area contributed by atoms with E-state index in [1.807, 2.05) is 27.7 Å². The predicted octanol–water partition coefficient (Wildman–Crippen LogP) is 1.59. The molecule has 18 atom stereocenters. The summed E-state index contributed by atoms with van der Waals surface area (Å²) in [5, 5.41) is 68.6. The smallest absolute Gasteiger partial charge is 0.311 e. The van der Waals surface area contributed by atoms with E-state index in [4.69, 9.17) is 28.4 Å². The molecule has 0 aromatic carbocycles. The number of aliphatic hydroxyl groups excluding tert-OH is 2. The molecule has 0 aromatic rings. The number of carbonyl (C=O) groups excluding carboxylic acids is 1. The molecular formula is C40H77N3O12. The molecule has 0 bridgehead atoms. The molecule has 3 aliphatic rings.